The van der Waals surface area contributed by atoms with Gasteiger partial charge in [-0.25, -0.2) is 0 Å². The highest BCUT2D eigenvalue weighted by atomic mass is 16.3. The quantitative estimate of drug-likeness (QED) is 0.828. The molecular formula is C14H18O2. The van der Waals surface area contributed by atoms with Crippen molar-refractivity contribution in [2.75, 3.05) is 0 Å². The highest BCUT2D eigenvalue weighted by molar-refractivity contribution is 5.89. The Balaban J connectivity index is 2.46. The summed E-state index contributed by atoms with van der Waals surface area (Å²) in [5, 5.41) is 10.2. The standard InChI is InChI=1S/C14H18O2/c1-11(15)14(10-6-5-9-13(14)16)12-7-3-2-4-8-12/h2-4,7-8,13,16H,5-6,9-10H2,1H3/t13-,14-/m0/s1. The Labute approximate surface area is 96.3 Å². The van der Waals surface area contributed by atoms with Crippen molar-refractivity contribution in [2.45, 2.75) is 44.1 Å². The molecule has 1 aromatic carbocycles. The third-order valence-corrected chi connectivity index (χ3v) is 3.78. The average Bonchev–Trinajstić information content (AvgIpc) is 2.30. The maximum atomic E-state index is 12.0. The lowest BCUT2D eigenvalue weighted by molar-refractivity contribution is -0.128. The Hall–Kier alpha value is -1.15. The zero-order chi connectivity index (χ0) is 11.6. The second kappa shape index (κ2) is 4.38. The van der Waals surface area contributed by atoms with Gasteiger partial charge in [-0.15, -0.1) is 0 Å². The van der Waals surface area contributed by atoms with Crippen LogP contribution in [0.2, 0.25) is 0 Å². The second-order valence-corrected chi connectivity index (χ2v) is 4.66. The Morgan fingerprint density at radius 1 is 1.31 bits per heavy atom. The van der Waals surface area contributed by atoms with Crippen LogP contribution >= 0.6 is 0 Å². The summed E-state index contributed by atoms with van der Waals surface area (Å²) in [5.74, 6) is 0.0888. The van der Waals surface area contributed by atoms with Gasteiger partial charge in [-0.2, -0.15) is 0 Å². The molecule has 1 N–H and O–H groups in total. The van der Waals surface area contributed by atoms with Gasteiger partial charge in [-0.1, -0.05) is 43.2 Å². The summed E-state index contributed by atoms with van der Waals surface area (Å²) in [7, 11) is 0. The van der Waals surface area contributed by atoms with Gasteiger partial charge in [-0.05, 0) is 25.3 Å². The maximum Gasteiger partial charge on any atom is 0.142 e. The van der Waals surface area contributed by atoms with E-state index in [2.05, 4.69) is 0 Å². The molecular weight excluding hydrogens is 200 g/mol. The molecule has 0 unspecified atom stereocenters. The molecule has 0 aliphatic heterocycles. The van der Waals surface area contributed by atoms with E-state index in [1.165, 1.54) is 0 Å². The number of hydrogen-bond acceptors (Lipinski definition) is 2. The Kier molecular flexibility index (Phi) is 3.10. The number of rotatable bonds is 2. The molecule has 1 aliphatic rings. The lowest BCUT2D eigenvalue weighted by Gasteiger charge is -2.40. The smallest absolute Gasteiger partial charge is 0.142 e. The molecule has 0 aromatic heterocycles. The van der Waals surface area contributed by atoms with E-state index < -0.39 is 11.5 Å². The van der Waals surface area contributed by atoms with Crippen molar-refractivity contribution < 1.29 is 9.90 Å². The highest BCUT2D eigenvalue weighted by Crippen LogP contribution is 2.40. The fourth-order valence-electron chi connectivity index (χ4n) is 2.84. The molecule has 0 saturated heterocycles. The van der Waals surface area contributed by atoms with Gasteiger partial charge in [0.25, 0.3) is 0 Å². The minimum atomic E-state index is -0.653. The molecule has 86 valence electrons. The van der Waals surface area contributed by atoms with Gasteiger partial charge in [0, 0.05) is 0 Å². The predicted molar refractivity (Wildman–Crippen MR) is 63.3 cm³/mol. The molecule has 0 spiro atoms. The largest absolute Gasteiger partial charge is 0.392 e. The first kappa shape index (κ1) is 11.3. The predicted octanol–water partition coefficient (Wildman–Crippen LogP) is 2.45. The summed E-state index contributed by atoms with van der Waals surface area (Å²) >= 11 is 0. The zero-order valence-electron chi connectivity index (χ0n) is 9.65. The first-order valence-corrected chi connectivity index (χ1v) is 5.92. The first-order valence-electron chi connectivity index (χ1n) is 5.92. The average molecular weight is 218 g/mol. The maximum absolute atomic E-state index is 12.0. The van der Waals surface area contributed by atoms with Crippen molar-refractivity contribution >= 4 is 5.78 Å². The summed E-state index contributed by atoms with van der Waals surface area (Å²) in [6.07, 6.45) is 3.01. The topological polar surface area (TPSA) is 37.3 Å². The molecule has 1 aromatic rings. The molecule has 2 rings (SSSR count). The van der Waals surface area contributed by atoms with Gasteiger partial charge in [0.05, 0.1) is 11.5 Å². The summed E-state index contributed by atoms with van der Waals surface area (Å²) in [4.78, 5) is 12.0. The number of benzene rings is 1. The zero-order valence-corrected chi connectivity index (χ0v) is 9.65. The molecule has 2 heteroatoms. The molecule has 1 fully saturated rings. The molecule has 0 bridgehead atoms. The Morgan fingerprint density at radius 3 is 2.56 bits per heavy atom. The van der Waals surface area contributed by atoms with Gasteiger partial charge in [0.15, 0.2) is 0 Å². The molecule has 2 nitrogen and oxygen atoms in total. The summed E-state index contributed by atoms with van der Waals surface area (Å²) in [6.45, 7) is 1.60. The van der Waals surface area contributed by atoms with E-state index in [0.717, 1.165) is 31.2 Å². The lowest BCUT2D eigenvalue weighted by Crippen LogP contribution is -2.47. The molecule has 2 atom stereocenters. The van der Waals surface area contributed by atoms with Gasteiger partial charge >= 0.3 is 0 Å². The van der Waals surface area contributed by atoms with E-state index in [1.807, 2.05) is 30.3 Å². The number of Topliss-reactive ketones (excluding diaryl/α,β-unsaturated/α-hetero) is 1. The summed E-state index contributed by atoms with van der Waals surface area (Å²) in [5.41, 5.74) is 0.314. The van der Waals surface area contributed by atoms with Crippen LogP contribution in [-0.4, -0.2) is 17.0 Å². The van der Waals surface area contributed by atoms with Crippen LogP contribution in [0.1, 0.15) is 38.2 Å². The van der Waals surface area contributed by atoms with Crippen molar-refractivity contribution in [3.63, 3.8) is 0 Å². The number of carbonyl (C=O) groups is 1. The summed E-state index contributed by atoms with van der Waals surface area (Å²) < 4.78 is 0. The first-order chi connectivity index (χ1) is 7.68. The van der Waals surface area contributed by atoms with Crippen LogP contribution in [0, 0.1) is 0 Å². The van der Waals surface area contributed by atoms with Crippen molar-refractivity contribution in [2.24, 2.45) is 0 Å². The van der Waals surface area contributed by atoms with Crippen molar-refractivity contribution in [3.8, 4) is 0 Å². The van der Waals surface area contributed by atoms with Crippen LogP contribution in [0.15, 0.2) is 30.3 Å². The minimum absolute atomic E-state index is 0.0888. The molecule has 16 heavy (non-hydrogen) atoms. The van der Waals surface area contributed by atoms with E-state index in [4.69, 9.17) is 0 Å². The van der Waals surface area contributed by atoms with Crippen molar-refractivity contribution in [1.82, 2.24) is 0 Å². The molecule has 0 heterocycles. The lowest BCUT2D eigenvalue weighted by atomic mass is 9.65. The highest BCUT2D eigenvalue weighted by Gasteiger charge is 2.45. The van der Waals surface area contributed by atoms with Gasteiger partial charge < -0.3 is 5.11 Å². The van der Waals surface area contributed by atoms with Crippen LogP contribution in [0.25, 0.3) is 0 Å². The van der Waals surface area contributed by atoms with E-state index in [9.17, 15) is 9.90 Å². The van der Waals surface area contributed by atoms with E-state index >= 15 is 0 Å². The SMILES string of the molecule is CC(=O)[C@]1(c2ccccc2)CCCC[C@@H]1O. The molecule has 0 radical (unpaired) electrons. The second-order valence-electron chi connectivity index (χ2n) is 4.66. The number of aliphatic hydroxyl groups is 1. The number of aliphatic hydroxyl groups excluding tert-OH is 1. The number of ketones is 1. The van der Waals surface area contributed by atoms with Crippen molar-refractivity contribution in [1.29, 1.82) is 0 Å². The Bertz CT molecular complexity index is 372. The van der Waals surface area contributed by atoms with Gasteiger partial charge in [0.1, 0.15) is 5.78 Å². The monoisotopic (exact) mass is 218 g/mol. The fourth-order valence-corrected chi connectivity index (χ4v) is 2.84. The molecule has 1 aliphatic carbocycles. The fraction of sp³-hybridized carbons (Fsp3) is 0.500. The molecule has 1 saturated carbocycles. The number of carbonyl (C=O) groups excluding carboxylic acids is 1. The normalized spacial score (nSPS) is 30.0. The van der Waals surface area contributed by atoms with Gasteiger partial charge in [-0.3, -0.25) is 4.79 Å². The van der Waals surface area contributed by atoms with Crippen LogP contribution in [0.4, 0.5) is 0 Å². The van der Waals surface area contributed by atoms with Crippen LogP contribution in [-0.2, 0) is 10.2 Å². The van der Waals surface area contributed by atoms with Crippen LogP contribution in [0.3, 0.4) is 0 Å². The van der Waals surface area contributed by atoms with Crippen molar-refractivity contribution in [3.05, 3.63) is 35.9 Å². The third-order valence-electron chi connectivity index (χ3n) is 3.78. The van der Waals surface area contributed by atoms with Crippen LogP contribution < -0.4 is 0 Å². The van der Waals surface area contributed by atoms with Crippen LogP contribution in [0.5, 0.6) is 0 Å². The van der Waals surface area contributed by atoms with Gasteiger partial charge in [0.2, 0.25) is 0 Å². The van der Waals surface area contributed by atoms with E-state index in [-0.39, 0.29) is 5.78 Å². The third kappa shape index (κ3) is 1.67. The Morgan fingerprint density at radius 2 is 2.00 bits per heavy atom. The summed E-state index contributed by atoms with van der Waals surface area (Å²) in [6, 6.07) is 9.71. The minimum Gasteiger partial charge on any atom is -0.392 e. The van der Waals surface area contributed by atoms with E-state index in [1.54, 1.807) is 6.92 Å². The molecule has 0 amide bonds. The van der Waals surface area contributed by atoms with E-state index in [0.29, 0.717) is 0 Å². The number of hydrogen-bond donors (Lipinski definition) is 1.